The van der Waals surface area contributed by atoms with Crippen LogP contribution >= 0.6 is 0 Å². The van der Waals surface area contributed by atoms with E-state index in [2.05, 4.69) is 5.32 Å². The topological polar surface area (TPSA) is 147 Å². The van der Waals surface area contributed by atoms with E-state index in [0.29, 0.717) is 40.3 Å². The van der Waals surface area contributed by atoms with Crippen LogP contribution in [0.1, 0.15) is 32.4 Å². The van der Waals surface area contributed by atoms with Gasteiger partial charge in [-0.15, -0.1) is 0 Å². The van der Waals surface area contributed by atoms with E-state index >= 15 is 0 Å². The third-order valence-electron chi connectivity index (χ3n) is 4.72. The van der Waals surface area contributed by atoms with Crippen LogP contribution in [0.15, 0.2) is 41.0 Å². The quantitative estimate of drug-likeness (QED) is 0.363. The van der Waals surface area contributed by atoms with E-state index in [-0.39, 0.29) is 12.2 Å². The fourth-order valence-electron chi connectivity index (χ4n) is 3.10. The Kier molecular flexibility index (Phi) is 8.43. The van der Waals surface area contributed by atoms with Crippen LogP contribution in [-0.4, -0.2) is 54.4 Å². The third kappa shape index (κ3) is 6.16. The molecule has 0 saturated carbocycles. The molecule has 1 fully saturated rings. The summed E-state index contributed by atoms with van der Waals surface area (Å²) in [5.41, 5.74) is 0.0856. The van der Waals surface area contributed by atoms with Crippen molar-refractivity contribution in [2.24, 2.45) is 0 Å². The van der Waals surface area contributed by atoms with Gasteiger partial charge in [0.25, 0.3) is 0 Å². The average molecular weight is 486 g/mol. The van der Waals surface area contributed by atoms with Crippen molar-refractivity contribution in [1.29, 1.82) is 0 Å². The third-order valence-corrected chi connectivity index (χ3v) is 4.72. The minimum atomic E-state index is -1.19. The Bertz CT molecular complexity index is 1100. The first-order valence-electron chi connectivity index (χ1n) is 11.0. The fourth-order valence-corrected chi connectivity index (χ4v) is 3.10. The summed E-state index contributed by atoms with van der Waals surface area (Å²) in [6.45, 7) is 3.90. The number of urea groups is 2. The molecule has 186 valence electrons. The second-order valence-electron chi connectivity index (χ2n) is 7.45. The average Bonchev–Trinajstić information content (AvgIpc) is 3.43. The van der Waals surface area contributed by atoms with E-state index in [9.17, 15) is 24.0 Å². The minimum Gasteiger partial charge on any atom is -0.490 e. The largest absolute Gasteiger partial charge is 0.490 e. The number of ether oxygens (including phenoxy) is 2. The molecule has 1 aromatic carbocycles. The Hall–Kier alpha value is -4.35. The number of nitrogens with one attached hydrogen (secondary N) is 2. The van der Waals surface area contributed by atoms with Crippen LogP contribution in [-0.2, 0) is 20.9 Å². The fraction of sp³-hybridized carbons (Fsp3) is 0.348. The highest BCUT2D eigenvalue weighted by Gasteiger charge is 2.46. The molecule has 3 rings (SSSR count). The van der Waals surface area contributed by atoms with Gasteiger partial charge in [-0.05, 0) is 37.1 Å². The van der Waals surface area contributed by atoms with Crippen molar-refractivity contribution >= 4 is 35.5 Å². The van der Waals surface area contributed by atoms with Gasteiger partial charge < -0.3 is 19.2 Å². The molecule has 2 aromatic rings. The number of furan rings is 1. The van der Waals surface area contributed by atoms with Gasteiger partial charge in [-0.25, -0.2) is 19.4 Å². The number of nitrogens with zero attached hydrogens (tertiary/aromatic N) is 2. The van der Waals surface area contributed by atoms with Crippen molar-refractivity contribution in [2.45, 2.75) is 33.2 Å². The molecule has 1 saturated heterocycles. The number of carbonyl (C=O) groups is 5. The molecule has 12 heteroatoms. The molecule has 2 heterocycles. The Morgan fingerprint density at radius 3 is 2.34 bits per heavy atom. The van der Waals surface area contributed by atoms with Gasteiger partial charge in [-0.1, -0.05) is 13.8 Å². The molecule has 0 radical (unpaired) electrons. The zero-order chi connectivity index (χ0) is 25.4. The van der Waals surface area contributed by atoms with Gasteiger partial charge in [0.2, 0.25) is 5.91 Å². The van der Waals surface area contributed by atoms with Crippen LogP contribution in [0.3, 0.4) is 0 Å². The van der Waals surface area contributed by atoms with E-state index in [1.54, 1.807) is 18.2 Å². The summed E-state index contributed by atoms with van der Waals surface area (Å²) in [7, 11) is 0. The SMILES string of the molecule is CCCOc1ccc(N2C(=O)C(=O)N(CC(=O)NC(=O)NCc3ccco3)C2=O)cc1OCCC. The molecule has 2 N–H and O–H groups in total. The smallest absolute Gasteiger partial charge is 0.339 e. The van der Waals surface area contributed by atoms with Gasteiger partial charge in [0.1, 0.15) is 12.3 Å². The normalized spacial score (nSPS) is 13.3. The summed E-state index contributed by atoms with van der Waals surface area (Å²) in [6.07, 6.45) is 2.91. The maximum absolute atomic E-state index is 12.9. The van der Waals surface area contributed by atoms with E-state index in [1.807, 2.05) is 19.2 Å². The Morgan fingerprint density at radius 2 is 1.69 bits per heavy atom. The second-order valence-corrected chi connectivity index (χ2v) is 7.45. The van der Waals surface area contributed by atoms with E-state index < -0.39 is 36.3 Å². The van der Waals surface area contributed by atoms with Gasteiger partial charge in [0.15, 0.2) is 11.5 Å². The number of anilines is 1. The van der Waals surface area contributed by atoms with Crippen molar-refractivity contribution < 1.29 is 37.9 Å². The number of hydrogen-bond acceptors (Lipinski definition) is 8. The monoisotopic (exact) mass is 486 g/mol. The van der Waals surface area contributed by atoms with Gasteiger partial charge in [0.05, 0.1) is 31.7 Å². The lowest BCUT2D eigenvalue weighted by atomic mass is 10.2. The molecule has 12 nitrogen and oxygen atoms in total. The highest BCUT2D eigenvalue weighted by molar-refractivity contribution is 6.53. The molecule has 0 unspecified atom stereocenters. The van der Waals surface area contributed by atoms with E-state index in [1.165, 1.54) is 18.4 Å². The van der Waals surface area contributed by atoms with Crippen LogP contribution in [0.5, 0.6) is 11.5 Å². The highest BCUT2D eigenvalue weighted by Crippen LogP contribution is 2.34. The summed E-state index contributed by atoms with van der Waals surface area (Å²) in [5, 5.41) is 4.39. The molecular formula is C23H26N4O8. The molecule has 7 amide bonds. The predicted octanol–water partition coefficient (Wildman–Crippen LogP) is 2.18. The first-order valence-corrected chi connectivity index (χ1v) is 11.0. The number of amides is 7. The van der Waals surface area contributed by atoms with Crippen molar-refractivity contribution in [1.82, 2.24) is 15.5 Å². The molecule has 1 aliphatic heterocycles. The summed E-state index contributed by atoms with van der Waals surface area (Å²) >= 11 is 0. The lowest BCUT2D eigenvalue weighted by Gasteiger charge is -2.18. The minimum absolute atomic E-state index is 0.0281. The number of carbonyl (C=O) groups excluding carboxylic acids is 5. The standard InChI is InChI=1S/C23H26N4O8/c1-3-9-34-17-8-7-15(12-18(17)35-10-4-2)27-21(30)20(29)26(23(27)32)14-19(28)25-22(31)24-13-16-6-5-11-33-16/h5-8,11-12H,3-4,9-10,13-14H2,1-2H3,(H2,24,25,28,31). The van der Waals surface area contributed by atoms with Gasteiger partial charge in [0, 0.05) is 6.07 Å². The van der Waals surface area contributed by atoms with Crippen LogP contribution in [0.2, 0.25) is 0 Å². The molecule has 1 aliphatic rings. The van der Waals surface area contributed by atoms with E-state index in [4.69, 9.17) is 13.9 Å². The Morgan fingerprint density at radius 1 is 0.971 bits per heavy atom. The van der Waals surface area contributed by atoms with Crippen molar-refractivity contribution in [3.05, 3.63) is 42.4 Å². The number of rotatable bonds is 11. The molecule has 0 aliphatic carbocycles. The van der Waals surface area contributed by atoms with Crippen LogP contribution in [0.4, 0.5) is 15.3 Å². The van der Waals surface area contributed by atoms with Gasteiger partial charge in [-0.2, -0.15) is 0 Å². The van der Waals surface area contributed by atoms with Gasteiger partial charge in [-0.3, -0.25) is 19.7 Å². The molecular weight excluding hydrogens is 460 g/mol. The maximum atomic E-state index is 12.9. The highest BCUT2D eigenvalue weighted by atomic mass is 16.5. The predicted molar refractivity (Wildman–Crippen MR) is 122 cm³/mol. The second kappa shape index (κ2) is 11.7. The summed E-state index contributed by atoms with van der Waals surface area (Å²) in [6, 6.07) is 5.81. The summed E-state index contributed by atoms with van der Waals surface area (Å²) < 4.78 is 16.4. The van der Waals surface area contributed by atoms with E-state index in [0.717, 1.165) is 12.8 Å². The first-order chi connectivity index (χ1) is 16.8. The molecule has 0 spiro atoms. The Labute approximate surface area is 201 Å². The molecule has 35 heavy (non-hydrogen) atoms. The van der Waals surface area contributed by atoms with Crippen molar-refractivity contribution in [3.63, 3.8) is 0 Å². The van der Waals surface area contributed by atoms with Crippen LogP contribution in [0, 0.1) is 0 Å². The molecule has 0 atom stereocenters. The lowest BCUT2D eigenvalue weighted by molar-refractivity contribution is -0.140. The Balaban J connectivity index is 1.68. The van der Waals surface area contributed by atoms with Crippen molar-refractivity contribution in [2.75, 3.05) is 24.7 Å². The van der Waals surface area contributed by atoms with Crippen LogP contribution in [0.25, 0.3) is 0 Å². The molecule has 1 aromatic heterocycles. The first kappa shape index (κ1) is 25.3. The lowest BCUT2D eigenvalue weighted by Crippen LogP contribution is -2.46. The maximum Gasteiger partial charge on any atom is 0.339 e. The zero-order valence-corrected chi connectivity index (χ0v) is 19.4. The number of hydrogen-bond donors (Lipinski definition) is 2. The summed E-state index contributed by atoms with van der Waals surface area (Å²) in [5.74, 6) is -2.06. The zero-order valence-electron chi connectivity index (χ0n) is 19.4. The molecule has 0 bridgehead atoms. The van der Waals surface area contributed by atoms with Crippen molar-refractivity contribution in [3.8, 4) is 11.5 Å². The van der Waals surface area contributed by atoms with Crippen LogP contribution < -0.4 is 25.0 Å². The number of imide groups is 3. The van der Waals surface area contributed by atoms with Gasteiger partial charge >= 0.3 is 23.9 Å². The number of benzene rings is 1. The summed E-state index contributed by atoms with van der Waals surface area (Å²) in [4.78, 5) is 63.1.